The fraction of sp³-hybridized carbons (Fsp3) is 0.800. The van der Waals surface area contributed by atoms with Crippen LogP contribution in [-0.2, 0) is 0 Å². The van der Waals surface area contributed by atoms with Crippen LogP contribution in [0.3, 0.4) is 0 Å². The molecule has 1 N–H and O–H groups in total. The molecule has 4 nitrogen and oxygen atoms in total. The van der Waals surface area contributed by atoms with E-state index >= 15 is 0 Å². The van der Waals surface area contributed by atoms with Crippen molar-refractivity contribution in [3.8, 4) is 0 Å². The molecule has 0 aromatic carbocycles. The molecular formula is C15H25N3OS. The lowest BCUT2D eigenvalue weighted by Gasteiger charge is -2.37. The minimum absolute atomic E-state index is 0.0745. The summed E-state index contributed by atoms with van der Waals surface area (Å²) in [6, 6.07) is 0. The molecule has 0 bridgehead atoms. The maximum Gasteiger partial charge on any atom is 0.185 e. The van der Waals surface area contributed by atoms with Crippen LogP contribution in [0.1, 0.15) is 32.1 Å². The molecule has 1 saturated carbocycles. The van der Waals surface area contributed by atoms with E-state index < -0.39 is 0 Å². The van der Waals surface area contributed by atoms with Crippen LogP contribution in [0.25, 0.3) is 0 Å². The van der Waals surface area contributed by atoms with E-state index in [1.54, 1.807) is 11.3 Å². The van der Waals surface area contributed by atoms with Gasteiger partial charge in [0.2, 0.25) is 0 Å². The van der Waals surface area contributed by atoms with Gasteiger partial charge in [-0.05, 0) is 18.8 Å². The minimum Gasteiger partial charge on any atom is -0.393 e. The number of anilines is 1. The second-order valence-electron chi connectivity index (χ2n) is 6.07. The zero-order valence-electron chi connectivity index (χ0n) is 12.1. The summed E-state index contributed by atoms with van der Waals surface area (Å²) in [6.45, 7) is 5.41. The topological polar surface area (TPSA) is 39.6 Å². The Morgan fingerprint density at radius 1 is 1.15 bits per heavy atom. The van der Waals surface area contributed by atoms with Crippen LogP contribution in [-0.4, -0.2) is 53.8 Å². The number of aliphatic hydroxyl groups excluding tert-OH is 1. The Kier molecular flexibility index (Phi) is 4.91. The molecule has 3 rings (SSSR count). The number of thiazole rings is 1. The number of aromatic nitrogens is 1. The summed E-state index contributed by atoms with van der Waals surface area (Å²) in [5, 5.41) is 13.4. The molecule has 1 aliphatic carbocycles. The lowest BCUT2D eigenvalue weighted by molar-refractivity contribution is 0.0718. The maximum absolute atomic E-state index is 10.2. The molecule has 2 aliphatic rings. The molecule has 2 atom stereocenters. The largest absolute Gasteiger partial charge is 0.393 e. The van der Waals surface area contributed by atoms with Crippen LogP contribution in [0, 0.1) is 5.92 Å². The summed E-state index contributed by atoms with van der Waals surface area (Å²) in [5.41, 5.74) is 0. The predicted molar refractivity (Wildman–Crippen MR) is 83.3 cm³/mol. The number of nitrogens with zero attached hydrogens (tertiary/aromatic N) is 3. The van der Waals surface area contributed by atoms with E-state index in [-0.39, 0.29) is 6.10 Å². The molecule has 1 aliphatic heterocycles. The van der Waals surface area contributed by atoms with Crippen molar-refractivity contribution in [1.29, 1.82) is 0 Å². The molecule has 0 spiro atoms. The van der Waals surface area contributed by atoms with Gasteiger partial charge in [-0.1, -0.05) is 19.3 Å². The first-order valence-corrected chi connectivity index (χ1v) is 8.76. The van der Waals surface area contributed by atoms with Crippen LogP contribution >= 0.6 is 11.3 Å². The Balaban J connectivity index is 1.48. The third-order valence-corrected chi connectivity index (χ3v) is 5.51. The summed E-state index contributed by atoms with van der Waals surface area (Å²) in [5.74, 6) is 0.490. The molecule has 1 aromatic heterocycles. The van der Waals surface area contributed by atoms with Gasteiger partial charge in [-0.2, -0.15) is 0 Å². The third kappa shape index (κ3) is 3.51. The second kappa shape index (κ2) is 6.87. The van der Waals surface area contributed by atoms with Crippen LogP contribution in [0.4, 0.5) is 5.13 Å². The Labute approximate surface area is 125 Å². The lowest BCUT2D eigenvalue weighted by atomic mass is 9.96. The van der Waals surface area contributed by atoms with Gasteiger partial charge in [0.15, 0.2) is 5.13 Å². The van der Waals surface area contributed by atoms with E-state index in [2.05, 4.69) is 14.8 Å². The van der Waals surface area contributed by atoms with E-state index in [9.17, 15) is 5.11 Å². The summed E-state index contributed by atoms with van der Waals surface area (Å²) in [4.78, 5) is 9.30. The smallest absolute Gasteiger partial charge is 0.185 e. The van der Waals surface area contributed by atoms with E-state index in [1.807, 2.05) is 11.6 Å². The average molecular weight is 295 g/mol. The van der Waals surface area contributed by atoms with Gasteiger partial charge in [0.05, 0.1) is 6.10 Å². The van der Waals surface area contributed by atoms with Crippen LogP contribution in [0.2, 0.25) is 0 Å². The zero-order valence-corrected chi connectivity index (χ0v) is 12.9. The Morgan fingerprint density at radius 2 is 1.95 bits per heavy atom. The number of hydrogen-bond donors (Lipinski definition) is 1. The van der Waals surface area contributed by atoms with E-state index in [4.69, 9.17) is 0 Å². The average Bonchev–Trinajstić information content (AvgIpc) is 2.93. The van der Waals surface area contributed by atoms with Gasteiger partial charge in [0.1, 0.15) is 0 Å². The van der Waals surface area contributed by atoms with Crippen LogP contribution < -0.4 is 4.90 Å². The van der Waals surface area contributed by atoms with Crippen molar-refractivity contribution in [2.45, 2.75) is 38.2 Å². The Morgan fingerprint density at radius 3 is 2.70 bits per heavy atom. The zero-order chi connectivity index (χ0) is 13.8. The molecule has 2 heterocycles. The predicted octanol–water partition coefficient (Wildman–Crippen LogP) is 2.21. The quantitative estimate of drug-likeness (QED) is 0.868. The highest BCUT2D eigenvalue weighted by Gasteiger charge is 2.26. The Hall–Kier alpha value is -0.650. The second-order valence-corrected chi connectivity index (χ2v) is 6.94. The van der Waals surface area contributed by atoms with Crippen molar-refractivity contribution in [2.75, 3.05) is 37.6 Å². The van der Waals surface area contributed by atoms with Crippen LogP contribution in [0.5, 0.6) is 0 Å². The van der Waals surface area contributed by atoms with Gasteiger partial charge < -0.3 is 10.0 Å². The van der Waals surface area contributed by atoms with Gasteiger partial charge in [0, 0.05) is 44.3 Å². The number of hydrogen-bond acceptors (Lipinski definition) is 5. The van der Waals surface area contributed by atoms with E-state index in [0.29, 0.717) is 5.92 Å². The van der Waals surface area contributed by atoms with Crippen molar-refractivity contribution in [3.05, 3.63) is 11.6 Å². The highest BCUT2D eigenvalue weighted by Crippen LogP contribution is 2.25. The van der Waals surface area contributed by atoms with Gasteiger partial charge in [0.25, 0.3) is 0 Å². The summed E-state index contributed by atoms with van der Waals surface area (Å²) in [6.07, 6.45) is 7.81. The molecule has 2 fully saturated rings. The first-order valence-electron chi connectivity index (χ1n) is 7.88. The molecule has 0 radical (unpaired) electrons. The monoisotopic (exact) mass is 295 g/mol. The SMILES string of the molecule is OC1CCCCCC1CN1CCN(c2nccs2)CC1. The normalized spacial score (nSPS) is 29.4. The van der Waals surface area contributed by atoms with Gasteiger partial charge in [-0.15, -0.1) is 11.3 Å². The van der Waals surface area contributed by atoms with E-state index in [1.165, 1.54) is 25.7 Å². The first-order chi connectivity index (χ1) is 9.83. The lowest BCUT2D eigenvalue weighted by Crippen LogP contribution is -2.48. The van der Waals surface area contributed by atoms with Crippen molar-refractivity contribution >= 4 is 16.5 Å². The highest BCUT2D eigenvalue weighted by atomic mass is 32.1. The minimum atomic E-state index is -0.0745. The van der Waals surface area contributed by atoms with Crippen molar-refractivity contribution in [2.24, 2.45) is 5.92 Å². The van der Waals surface area contributed by atoms with Crippen molar-refractivity contribution in [3.63, 3.8) is 0 Å². The van der Waals surface area contributed by atoms with Gasteiger partial charge in [-0.25, -0.2) is 4.98 Å². The fourth-order valence-corrected chi connectivity index (χ4v) is 4.10. The maximum atomic E-state index is 10.2. The molecule has 1 saturated heterocycles. The molecule has 112 valence electrons. The standard InChI is InChI=1S/C15H25N3OS/c19-14-5-3-1-2-4-13(14)12-17-7-9-18(10-8-17)15-16-6-11-20-15/h6,11,13-14,19H,1-5,7-10,12H2. The molecular weight excluding hydrogens is 270 g/mol. The highest BCUT2D eigenvalue weighted by molar-refractivity contribution is 7.13. The van der Waals surface area contributed by atoms with Crippen molar-refractivity contribution in [1.82, 2.24) is 9.88 Å². The summed E-state index contributed by atoms with van der Waals surface area (Å²) >= 11 is 1.73. The van der Waals surface area contributed by atoms with Gasteiger partial charge >= 0.3 is 0 Å². The fourth-order valence-electron chi connectivity index (χ4n) is 3.40. The Bertz CT molecular complexity index is 390. The van der Waals surface area contributed by atoms with E-state index in [0.717, 1.165) is 44.3 Å². The molecule has 2 unspecified atom stereocenters. The first kappa shape index (κ1) is 14.3. The third-order valence-electron chi connectivity index (χ3n) is 4.67. The van der Waals surface area contributed by atoms with Crippen LogP contribution in [0.15, 0.2) is 11.6 Å². The molecule has 20 heavy (non-hydrogen) atoms. The van der Waals surface area contributed by atoms with Gasteiger partial charge in [-0.3, -0.25) is 4.90 Å². The molecule has 0 amide bonds. The molecule has 1 aromatic rings. The summed E-state index contributed by atoms with van der Waals surface area (Å²) in [7, 11) is 0. The number of rotatable bonds is 3. The molecule has 5 heteroatoms. The number of aliphatic hydroxyl groups is 1. The summed E-state index contributed by atoms with van der Waals surface area (Å²) < 4.78 is 0. The van der Waals surface area contributed by atoms with Crippen molar-refractivity contribution < 1.29 is 5.11 Å². The number of piperazine rings is 1.